The number of aromatic nitrogens is 2. The number of carbonyl (C=O) groups is 1. The van der Waals surface area contributed by atoms with E-state index in [1.54, 1.807) is 4.90 Å². The molecule has 0 unspecified atom stereocenters. The predicted molar refractivity (Wildman–Crippen MR) is 105 cm³/mol. The Bertz CT molecular complexity index is 761. The standard InChI is InChI=1S/C21H30N4O2/c26-21(22-9-4-10-24-11-13-27-14-12-24)17-7-8-20-19(15-17)23-16-25(20)18-5-2-1-3-6-18/h7-8,15-16,18H,1-6,9-14H2,(H,22,26)/p+1. The second-order valence-corrected chi connectivity index (χ2v) is 7.87. The van der Waals surface area contributed by atoms with Crippen LogP contribution in [0.1, 0.15) is 54.9 Å². The molecule has 2 heterocycles. The lowest BCUT2D eigenvalue weighted by molar-refractivity contribution is -0.908. The number of nitrogens with zero attached hydrogens (tertiary/aromatic N) is 2. The van der Waals surface area contributed by atoms with Crippen LogP contribution < -0.4 is 10.2 Å². The van der Waals surface area contributed by atoms with Gasteiger partial charge in [-0.25, -0.2) is 4.98 Å². The van der Waals surface area contributed by atoms with Gasteiger partial charge in [-0.3, -0.25) is 4.79 Å². The molecule has 146 valence electrons. The number of ether oxygens (including phenoxy) is 1. The number of morpholine rings is 1. The quantitative estimate of drug-likeness (QED) is 0.758. The molecule has 1 aliphatic heterocycles. The summed E-state index contributed by atoms with van der Waals surface area (Å²) >= 11 is 0. The van der Waals surface area contributed by atoms with Crippen LogP contribution in [0.25, 0.3) is 11.0 Å². The lowest BCUT2D eigenvalue weighted by atomic mass is 9.95. The number of quaternary nitrogens is 1. The van der Waals surface area contributed by atoms with E-state index in [9.17, 15) is 4.79 Å². The molecule has 0 radical (unpaired) electrons. The topological polar surface area (TPSA) is 60.6 Å². The van der Waals surface area contributed by atoms with E-state index in [2.05, 4.69) is 20.9 Å². The Hall–Kier alpha value is -1.92. The number of amides is 1. The molecule has 6 nitrogen and oxygen atoms in total. The van der Waals surface area contributed by atoms with E-state index < -0.39 is 0 Å². The van der Waals surface area contributed by atoms with Crippen molar-refractivity contribution in [2.75, 3.05) is 39.4 Å². The molecule has 2 aromatic rings. The summed E-state index contributed by atoms with van der Waals surface area (Å²) in [5.41, 5.74) is 2.77. The zero-order chi connectivity index (χ0) is 18.5. The highest BCUT2D eigenvalue weighted by atomic mass is 16.5. The van der Waals surface area contributed by atoms with Crippen molar-refractivity contribution in [3.8, 4) is 0 Å². The van der Waals surface area contributed by atoms with Crippen molar-refractivity contribution >= 4 is 16.9 Å². The van der Waals surface area contributed by atoms with Crippen molar-refractivity contribution in [1.82, 2.24) is 14.9 Å². The molecule has 1 saturated heterocycles. The van der Waals surface area contributed by atoms with Gasteiger partial charge < -0.3 is 19.5 Å². The SMILES string of the molecule is O=C(NCCC[NH+]1CCOCC1)c1ccc2c(c1)ncn2C1CCCCC1. The zero-order valence-electron chi connectivity index (χ0n) is 16.1. The van der Waals surface area contributed by atoms with Gasteiger partial charge in [-0.05, 0) is 31.0 Å². The fourth-order valence-corrected chi connectivity index (χ4v) is 4.38. The van der Waals surface area contributed by atoms with E-state index in [-0.39, 0.29) is 5.91 Å². The number of carbonyl (C=O) groups excluding carboxylic acids is 1. The van der Waals surface area contributed by atoms with Gasteiger partial charge in [0.05, 0.1) is 37.1 Å². The first kappa shape index (κ1) is 18.4. The van der Waals surface area contributed by atoms with E-state index in [1.165, 1.54) is 32.1 Å². The Morgan fingerprint density at radius 3 is 2.85 bits per heavy atom. The number of rotatable bonds is 6. The van der Waals surface area contributed by atoms with Crippen LogP contribution in [0.2, 0.25) is 0 Å². The minimum absolute atomic E-state index is 0.00101. The Morgan fingerprint density at radius 1 is 1.22 bits per heavy atom. The number of hydrogen-bond donors (Lipinski definition) is 2. The fraction of sp³-hybridized carbons (Fsp3) is 0.619. The third-order valence-corrected chi connectivity index (χ3v) is 6.00. The van der Waals surface area contributed by atoms with Gasteiger partial charge in [0.2, 0.25) is 0 Å². The summed E-state index contributed by atoms with van der Waals surface area (Å²) in [4.78, 5) is 18.6. The molecule has 1 saturated carbocycles. The fourth-order valence-electron chi connectivity index (χ4n) is 4.38. The monoisotopic (exact) mass is 371 g/mol. The normalized spacial score (nSPS) is 19.4. The minimum Gasteiger partial charge on any atom is -0.370 e. The number of imidazole rings is 1. The maximum Gasteiger partial charge on any atom is 0.251 e. The van der Waals surface area contributed by atoms with Crippen molar-refractivity contribution in [1.29, 1.82) is 0 Å². The molecule has 6 heteroatoms. The number of benzene rings is 1. The maximum atomic E-state index is 12.5. The van der Waals surface area contributed by atoms with Gasteiger partial charge in [-0.2, -0.15) is 0 Å². The molecule has 2 N–H and O–H groups in total. The molecule has 2 fully saturated rings. The van der Waals surface area contributed by atoms with Gasteiger partial charge in [0.25, 0.3) is 5.91 Å². The lowest BCUT2D eigenvalue weighted by Gasteiger charge is -2.23. The molecule has 2 aliphatic rings. The van der Waals surface area contributed by atoms with Crippen molar-refractivity contribution in [2.45, 2.75) is 44.6 Å². The van der Waals surface area contributed by atoms with Crippen LogP contribution in [-0.2, 0) is 4.74 Å². The van der Waals surface area contributed by atoms with Gasteiger partial charge in [0, 0.05) is 24.6 Å². The van der Waals surface area contributed by atoms with Gasteiger partial charge >= 0.3 is 0 Å². The number of hydrogen-bond acceptors (Lipinski definition) is 3. The predicted octanol–water partition coefficient (Wildman–Crippen LogP) is 1.58. The highest BCUT2D eigenvalue weighted by Gasteiger charge is 2.18. The summed E-state index contributed by atoms with van der Waals surface area (Å²) in [7, 11) is 0. The Balaban J connectivity index is 1.32. The third-order valence-electron chi connectivity index (χ3n) is 6.00. The molecular weight excluding hydrogens is 340 g/mol. The van der Waals surface area contributed by atoms with Crippen LogP contribution in [0.3, 0.4) is 0 Å². The Morgan fingerprint density at radius 2 is 2.04 bits per heavy atom. The first-order valence-electron chi connectivity index (χ1n) is 10.5. The van der Waals surface area contributed by atoms with Crippen LogP contribution in [0.15, 0.2) is 24.5 Å². The first-order chi connectivity index (χ1) is 13.3. The molecule has 27 heavy (non-hydrogen) atoms. The first-order valence-corrected chi connectivity index (χ1v) is 10.5. The maximum absolute atomic E-state index is 12.5. The molecule has 0 spiro atoms. The summed E-state index contributed by atoms with van der Waals surface area (Å²) in [6.45, 7) is 5.68. The van der Waals surface area contributed by atoms with Crippen LogP contribution in [0, 0.1) is 0 Å². The van der Waals surface area contributed by atoms with Gasteiger partial charge in [-0.1, -0.05) is 19.3 Å². The summed E-state index contributed by atoms with van der Waals surface area (Å²) in [6, 6.07) is 6.48. The van der Waals surface area contributed by atoms with Crippen molar-refractivity contribution in [2.24, 2.45) is 0 Å². The molecule has 1 aromatic heterocycles. The molecule has 4 rings (SSSR count). The number of nitrogens with one attached hydrogen (secondary N) is 2. The summed E-state index contributed by atoms with van der Waals surface area (Å²) in [5.74, 6) is 0.00101. The van der Waals surface area contributed by atoms with E-state index in [0.717, 1.165) is 56.8 Å². The Kier molecular flexibility index (Phi) is 6.04. The molecule has 1 aliphatic carbocycles. The van der Waals surface area contributed by atoms with E-state index in [4.69, 9.17) is 4.74 Å². The third kappa shape index (κ3) is 4.50. The van der Waals surface area contributed by atoms with Crippen molar-refractivity contribution in [3.63, 3.8) is 0 Å². The molecular formula is C21H31N4O2+. The summed E-state index contributed by atoms with van der Waals surface area (Å²) in [5, 5.41) is 3.06. The smallest absolute Gasteiger partial charge is 0.251 e. The average molecular weight is 372 g/mol. The molecule has 1 aromatic carbocycles. The number of fused-ring (bicyclic) bond motifs is 1. The molecule has 1 amide bonds. The van der Waals surface area contributed by atoms with Gasteiger partial charge in [0.15, 0.2) is 0 Å². The largest absolute Gasteiger partial charge is 0.370 e. The van der Waals surface area contributed by atoms with Crippen LogP contribution in [0.4, 0.5) is 0 Å². The summed E-state index contributed by atoms with van der Waals surface area (Å²) in [6.07, 6.45) is 9.37. The van der Waals surface area contributed by atoms with Gasteiger partial charge in [0.1, 0.15) is 13.1 Å². The van der Waals surface area contributed by atoms with E-state index in [0.29, 0.717) is 11.6 Å². The van der Waals surface area contributed by atoms with Crippen molar-refractivity contribution in [3.05, 3.63) is 30.1 Å². The highest BCUT2D eigenvalue weighted by Crippen LogP contribution is 2.30. The van der Waals surface area contributed by atoms with Crippen LogP contribution in [0.5, 0.6) is 0 Å². The second kappa shape index (κ2) is 8.85. The van der Waals surface area contributed by atoms with E-state index >= 15 is 0 Å². The minimum atomic E-state index is 0.00101. The van der Waals surface area contributed by atoms with E-state index in [1.807, 2.05) is 18.5 Å². The van der Waals surface area contributed by atoms with Crippen LogP contribution >= 0.6 is 0 Å². The molecule has 0 atom stereocenters. The second-order valence-electron chi connectivity index (χ2n) is 7.87. The van der Waals surface area contributed by atoms with Gasteiger partial charge in [-0.15, -0.1) is 0 Å². The zero-order valence-corrected chi connectivity index (χ0v) is 16.1. The summed E-state index contributed by atoms with van der Waals surface area (Å²) < 4.78 is 7.69. The average Bonchev–Trinajstić information content (AvgIpc) is 3.16. The van der Waals surface area contributed by atoms with Crippen molar-refractivity contribution < 1.29 is 14.4 Å². The van der Waals surface area contributed by atoms with Crippen LogP contribution in [-0.4, -0.2) is 54.9 Å². The highest BCUT2D eigenvalue weighted by molar-refractivity contribution is 5.97. The molecule has 0 bridgehead atoms. The Labute approximate surface area is 160 Å². The lowest BCUT2D eigenvalue weighted by Crippen LogP contribution is -3.14.